The van der Waals surface area contributed by atoms with Crippen molar-refractivity contribution in [1.29, 1.82) is 0 Å². The van der Waals surface area contributed by atoms with Gasteiger partial charge >= 0.3 is 5.97 Å². The molecule has 0 unspecified atom stereocenters. The van der Waals surface area contributed by atoms with Crippen LogP contribution in [0.25, 0.3) is 10.8 Å². The smallest absolute Gasteiger partial charge is 0.309 e. The Hall–Kier alpha value is -2.03. The third kappa shape index (κ3) is 2.25. The molecule has 0 saturated heterocycles. The molecule has 118 valence electrons. The Labute approximate surface area is 131 Å². The standard InChI is InChI=1S/C18H20O3.CH4/c1-3-16-15-6-4-11-10-12(19)5-7-13(11)14(15)8-9-18(16,2)17(20)21;/h4-7,10,16,19H,3,8-9H2,1-2H3,(H,20,21);1H4/t16-,18+;/m1./s1. The first-order valence-electron chi connectivity index (χ1n) is 7.45. The summed E-state index contributed by atoms with van der Waals surface area (Å²) in [6.07, 6.45) is 2.25. The molecule has 3 heteroatoms. The lowest BCUT2D eigenvalue weighted by Crippen LogP contribution is -2.38. The number of aryl methyl sites for hydroxylation is 1. The maximum atomic E-state index is 11.7. The van der Waals surface area contributed by atoms with E-state index in [1.54, 1.807) is 12.1 Å². The fourth-order valence-electron chi connectivity index (χ4n) is 3.83. The summed E-state index contributed by atoms with van der Waals surface area (Å²) in [5.74, 6) is -0.400. The second-order valence-electron chi connectivity index (χ2n) is 6.22. The molecule has 3 rings (SSSR count). The van der Waals surface area contributed by atoms with E-state index in [-0.39, 0.29) is 19.1 Å². The molecule has 0 aliphatic heterocycles. The van der Waals surface area contributed by atoms with Crippen LogP contribution < -0.4 is 0 Å². The van der Waals surface area contributed by atoms with E-state index in [1.807, 2.05) is 25.1 Å². The molecule has 1 aliphatic rings. The molecule has 0 radical (unpaired) electrons. The summed E-state index contributed by atoms with van der Waals surface area (Å²) in [5, 5.41) is 21.4. The Morgan fingerprint density at radius 2 is 2.05 bits per heavy atom. The number of carboxylic acids is 1. The molecule has 0 aromatic heterocycles. The minimum atomic E-state index is -0.703. The summed E-state index contributed by atoms with van der Waals surface area (Å²) >= 11 is 0. The first-order valence-corrected chi connectivity index (χ1v) is 7.45. The van der Waals surface area contributed by atoms with Crippen LogP contribution in [-0.2, 0) is 11.2 Å². The third-order valence-electron chi connectivity index (χ3n) is 5.09. The number of hydrogen-bond acceptors (Lipinski definition) is 2. The maximum absolute atomic E-state index is 11.7. The number of benzene rings is 2. The van der Waals surface area contributed by atoms with E-state index in [2.05, 4.69) is 6.92 Å². The van der Waals surface area contributed by atoms with Crippen LogP contribution in [0.3, 0.4) is 0 Å². The van der Waals surface area contributed by atoms with Crippen molar-refractivity contribution in [1.82, 2.24) is 0 Å². The van der Waals surface area contributed by atoms with Gasteiger partial charge in [-0.3, -0.25) is 4.79 Å². The van der Waals surface area contributed by atoms with Crippen molar-refractivity contribution in [2.75, 3.05) is 0 Å². The van der Waals surface area contributed by atoms with Gasteiger partial charge in [0.25, 0.3) is 0 Å². The molecule has 0 saturated carbocycles. The normalized spacial score (nSPS) is 23.6. The molecule has 0 bridgehead atoms. The van der Waals surface area contributed by atoms with Crippen LogP contribution in [0.4, 0.5) is 0 Å². The first-order chi connectivity index (χ1) is 9.97. The number of rotatable bonds is 2. The molecule has 1 aliphatic carbocycles. The average molecular weight is 300 g/mol. The van der Waals surface area contributed by atoms with Crippen LogP contribution >= 0.6 is 0 Å². The zero-order chi connectivity index (χ0) is 15.2. The second kappa shape index (κ2) is 5.64. The zero-order valence-corrected chi connectivity index (χ0v) is 12.4. The fraction of sp³-hybridized carbons (Fsp3) is 0.421. The summed E-state index contributed by atoms with van der Waals surface area (Å²) in [5.41, 5.74) is 1.72. The van der Waals surface area contributed by atoms with Crippen molar-refractivity contribution < 1.29 is 15.0 Å². The Morgan fingerprint density at radius 3 is 2.68 bits per heavy atom. The highest BCUT2D eigenvalue weighted by atomic mass is 16.4. The highest BCUT2D eigenvalue weighted by Crippen LogP contribution is 2.49. The van der Waals surface area contributed by atoms with E-state index in [1.165, 1.54) is 5.56 Å². The van der Waals surface area contributed by atoms with E-state index in [4.69, 9.17) is 0 Å². The second-order valence-corrected chi connectivity index (χ2v) is 6.22. The van der Waals surface area contributed by atoms with Gasteiger partial charge in [0.1, 0.15) is 5.75 Å². The van der Waals surface area contributed by atoms with Gasteiger partial charge in [-0.1, -0.05) is 32.5 Å². The number of carboxylic acid groups (broad SMARTS) is 1. The molecule has 2 aromatic carbocycles. The van der Waals surface area contributed by atoms with Crippen molar-refractivity contribution in [2.45, 2.75) is 46.5 Å². The first kappa shape index (κ1) is 16.3. The molecule has 22 heavy (non-hydrogen) atoms. The van der Waals surface area contributed by atoms with E-state index in [0.29, 0.717) is 6.42 Å². The molecule has 0 heterocycles. The number of phenolic OH excluding ortho intramolecular Hbond substituents is 1. The van der Waals surface area contributed by atoms with Crippen molar-refractivity contribution >= 4 is 16.7 Å². The highest BCUT2D eigenvalue weighted by Gasteiger charge is 2.44. The topological polar surface area (TPSA) is 57.5 Å². The minimum Gasteiger partial charge on any atom is -0.508 e. The van der Waals surface area contributed by atoms with Gasteiger partial charge in [0, 0.05) is 0 Å². The predicted octanol–water partition coefficient (Wildman–Crippen LogP) is 4.71. The average Bonchev–Trinajstić information content (AvgIpc) is 2.46. The predicted molar refractivity (Wildman–Crippen MR) is 89.4 cm³/mol. The van der Waals surface area contributed by atoms with Gasteiger partial charge in [-0.2, -0.15) is 0 Å². The third-order valence-corrected chi connectivity index (χ3v) is 5.09. The zero-order valence-electron chi connectivity index (χ0n) is 12.4. The van der Waals surface area contributed by atoms with E-state index >= 15 is 0 Å². The Morgan fingerprint density at radius 1 is 1.32 bits per heavy atom. The number of fused-ring (bicyclic) bond motifs is 3. The van der Waals surface area contributed by atoms with Crippen LogP contribution in [-0.4, -0.2) is 16.2 Å². The largest absolute Gasteiger partial charge is 0.508 e. The van der Waals surface area contributed by atoms with Crippen LogP contribution in [0.15, 0.2) is 30.3 Å². The summed E-state index contributed by atoms with van der Waals surface area (Å²) in [4.78, 5) is 11.7. The van der Waals surface area contributed by atoms with Crippen LogP contribution in [0.5, 0.6) is 5.75 Å². The number of aliphatic carboxylic acids is 1. The molecule has 3 nitrogen and oxygen atoms in total. The van der Waals surface area contributed by atoms with E-state index in [0.717, 1.165) is 29.2 Å². The van der Waals surface area contributed by atoms with Crippen molar-refractivity contribution in [3.05, 3.63) is 41.5 Å². The number of hydrogen-bond donors (Lipinski definition) is 2. The van der Waals surface area contributed by atoms with Gasteiger partial charge < -0.3 is 10.2 Å². The number of aromatic hydroxyl groups is 1. The summed E-state index contributed by atoms with van der Waals surface area (Å²) < 4.78 is 0. The molecule has 0 fully saturated rings. The van der Waals surface area contributed by atoms with Gasteiger partial charge in [0.2, 0.25) is 0 Å². The van der Waals surface area contributed by atoms with Gasteiger partial charge in [0.05, 0.1) is 5.41 Å². The van der Waals surface area contributed by atoms with Gasteiger partial charge in [-0.15, -0.1) is 0 Å². The Kier molecular flexibility index (Phi) is 4.19. The van der Waals surface area contributed by atoms with Crippen molar-refractivity contribution in [3.8, 4) is 5.75 Å². The molecule has 2 N–H and O–H groups in total. The summed E-state index contributed by atoms with van der Waals surface area (Å²) in [6.45, 7) is 3.93. The van der Waals surface area contributed by atoms with E-state index < -0.39 is 11.4 Å². The highest BCUT2D eigenvalue weighted by molar-refractivity contribution is 5.89. The molecular formula is C19H24O3. The van der Waals surface area contributed by atoms with Gasteiger partial charge in [-0.25, -0.2) is 0 Å². The molecule has 0 amide bonds. The summed E-state index contributed by atoms with van der Waals surface area (Å²) in [7, 11) is 0. The lowest BCUT2D eigenvalue weighted by molar-refractivity contribution is -0.150. The molecule has 0 spiro atoms. The molecule has 2 aromatic rings. The SMILES string of the molecule is C.CC[C@@H]1c2ccc3cc(O)ccc3c2CC[C@]1(C)C(=O)O. The summed E-state index contributed by atoms with van der Waals surface area (Å²) in [6, 6.07) is 9.45. The van der Waals surface area contributed by atoms with Crippen molar-refractivity contribution in [3.63, 3.8) is 0 Å². The fourth-order valence-corrected chi connectivity index (χ4v) is 3.83. The Bertz CT molecular complexity index is 720. The van der Waals surface area contributed by atoms with Crippen LogP contribution in [0, 0.1) is 5.41 Å². The number of carbonyl (C=O) groups is 1. The molecular weight excluding hydrogens is 276 g/mol. The van der Waals surface area contributed by atoms with Crippen LogP contribution in [0.2, 0.25) is 0 Å². The van der Waals surface area contributed by atoms with Crippen LogP contribution in [0.1, 0.15) is 51.2 Å². The van der Waals surface area contributed by atoms with Gasteiger partial charge in [0.15, 0.2) is 0 Å². The maximum Gasteiger partial charge on any atom is 0.309 e. The van der Waals surface area contributed by atoms with Gasteiger partial charge in [-0.05, 0) is 66.1 Å². The van der Waals surface area contributed by atoms with Crippen molar-refractivity contribution in [2.24, 2.45) is 5.41 Å². The minimum absolute atomic E-state index is 0. The number of phenols is 1. The monoisotopic (exact) mass is 300 g/mol. The molecule has 2 atom stereocenters. The lowest BCUT2D eigenvalue weighted by atomic mass is 9.63. The quantitative estimate of drug-likeness (QED) is 0.844. The van der Waals surface area contributed by atoms with E-state index in [9.17, 15) is 15.0 Å². The Balaban J connectivity index is 0.00000176. The lowest BCUT2D eigenvalue weighted by Gasteiger charge is -2.39.